The molecule has 3 N–H and O–H groups in total. The van der Waals surface area contributed by atoms with Gasteiger partial charge in [0, 0.05) is 12.2 Å². The Morgan fingerprint density at radius 2 is 2.03 bits per heavy atom. The van der Waals surface area contributed by atoms with E-state index in [-0.39, 0.29) is 11.8 Å². The van der Waals surface area contributed by atoms with Crippen molar-refractivity contribution in [3.63, 3.8) is 0 Å². The number of amides is 2. The smallest absolute Gasteiger partial charge is 0.263 e. The average Bonchev–Trinajstić information content (AvgIpc) is 3.39. The Hall–Kier alpha value is -3.88. The molecule has 2 aliphatic heterocycles. The second-order valence-corrected chi connectivity index (χ2v) is 6.88. The Labute approximate surface area is 165 Å². The Morgan fingerprint density at radius 1 is 1.14 bits per heavy atom. The van der Waals surface area contributed by atoms with E-state index in [0.717, 1.165) is 5.69 Å². The molecule has 29 heavy (non-hydrogen) atoms. The minimum absolute atomic E-state index is 0.224. The lowest BCUT2D eigenvalue weighted by atomic mass is 10.1. The summed E-state index contributed by atoms with van der Waals surface area (Å²) in [4.78, 5) is 33.0. The Kier molecular flexibility index (Phi) is 3.94. The molecule has 2 amide bonds. The first kappa shape index (κ1) is 17.2. The van der Waals surface area contributed by atoms with Gasteiger partial charge in [-0.2, -0.15) is 0 Å². The monoisotopic (exact) mass is 391 g/mol. The van der Waals surface area contributed by atoms with Crippen LogP contribution in [0, 0.1) is 6.92 Å². The molecule has 3 aromatic heterocycles. The highest BCUT2D eigenvalue weighted by atomic mass is 16.5. The number of hydrogen-bond donors (Lipinski definition) is 3. The van der Waals surface area contributed by atoms with E-state index in [1.54, 1.807) is 24.3 Å². The van der Waals surface area contributed by atoms with Crippen molar-refractivity contribution in [1.29, 1.82) is 0 Å². The Balaban J connectivity index is 1.69. The lowest BCUT2D eigenvalue weighted by Crippen LogP contribution is -2.25. The summed E-state index contributed by atoms with van der Waals surface area (Å²) in [5.74, 6) is -0.185. The maximum Gasteiger partial charge on any atom is 0.263 e. The number of pyridine rings is 1. The van der Waals surface area contributed by atoms with Crippen LogP contribution in [0.25, 0.3) is 22.9 Å². The van der Waals surface area contributed by atoms with Crippen LogP contribution in [0.2, 0.25) is 0 Å². The number of nitrogens with zero attached hydrogens (tertiary/aromatic N) is 2. The number of aromatic amines is 1. The lowest BCUT2D eigenvalue weighted by molar-refractivity contribution is -0.110. The average molecular weight is 391 g/mol. The number of carbonyl (C=O) groups excluding carboxylic acids is 2. The molecule has 0 unspecified atom stereocenters. The van der Waals surface area contributed by atoms with E-state index in [4.69, 9.17) is 9.26 Å². The molecule has 5 rings (SSSR count). The van der Waals surface area contributed by atoms with Crippen LogP contribution in [0.5, 0.6) is 5.88 Å². The van der Waals surface area contributed by atoms with Crippen molar-refractivity contribution in [2.75, 3.05) is 18.5 Å². The molecule has 3 aromatic rings. The number of anilines is 1. The first-order valence-electron chi connectivity index (χ1n) is 9.20. The summed E-state index contributed by atoms with van der Waals surface area (Å²) < 4.78 is 10.8. The van der Waals surface area contributed by atoms with Crippen molar-refractivity contribution in [2.45, 2.75) is 13.3 Å². The van der Waals surface area contributed by atoms with E-state index in [2.05, 4.69) is 25.8 Å². The lowest BCUT2D eigenvalue weighted by Gasteiger charge is -2.06. The number of nitrogens with one attached hydrogen (secondary N) is 3. The molecule has 0 saturated carbocycles. The molecule has 0 fully saturated rings. The summed E-state index contributed by atoms with van der Waals surface area (Å²) >= 11 is 0. The van der Waals surface area contributed by atoms with Gasteiger partial charge in [-0.25, -0.2) is 4.98 Å². The molecular formula is C20H17N5O4. The number of aromatic nitrogens is 3. The topological polar surface area (TPSA) is 122 Å². The van der Waals surface area contributed by atoms with Gasteiger partial charge in [-0.05, 0) is 42.8 Å². The van der Waals surface area contributed by atoms with Crippen LogP contribution in [0.3, 0.4) is 0 Å². The number of aryl methyl sites for hydroxylation is 1. The van der Waals surface area contributed by atoms with Crippen molar-refractivity contribution in [1.82, 2.24) is 20.4 Å². The SMILES string of the molecule is Cc1cc2c([nH]1)/C=C1\C(=O)Nc3ccc(nc31)-c1conc1OCCCNC2=O. The minimum atomic E-state index is -0.283. The van der Waals surface area contributed by atoms with Gasteiger partial charge in [0.15, 0.2) is 0 Å². The summed E-state index contributed by atoms with van der Waals surface area (Å²) in [6, 6.07) is 5.31. The highest BCUT2D eigenvalue weighted by Gasteiger charge is 2.28. The summed E-state index contributed by atoms with van der Waals surface area (Å²) in [7, 11) is 0. The zero-order valence-corrected chi connectivity index (χ0v) is 15.5. The first-order valence-corrected chi connectivity index (χ1v) is 9.20. The van der Waals surface area contributed by atoms with E-state index in [1.165, 1.54) is 6.26 Å². The third-order valence-electron chi connectivity index (χ3n) is 4.82. The van der Waals surface area contributed by atoms with E-state index < -0.39 is 0 Å². The van der Waals surface area contributed by atoms with Crippen LogP contribution in [-0.4, -0.2) is 40.1 Å². The number of ether oxygens (including phenoxy) is 1. The van der Waals surface area contributed by atoms with Gasteiger partial charge in [0.1, 0.15) is 17.5 Å². The van der Waals surface area contributed by atoms with Gasteiger partial charge in [-0.15, -0.1) is 0 Å². The number of H-pyrrole nitrogens is 1. The van der Waals surface area contributed by atoms with Crippen LogP contribution in [-0.2, 0) is 4.79 Å². The van der Waals surface area contributed by atoms with Gasteiger partial charge < -0.3 is 24.9 Å². The highest BCUT2D eigenvalue weighted by Crippen LogP contribution is 2.36. The van der Waals surface area contributed by atoms with Crippen molar-refractivity contribution in [2.24, 2.45) is 0 Å². The third kappa shape index (κ3) is 2.96. The number of rotatable bonds is 0. The van der Waals surface area contributed by atoms with Crippen LogP contribution in [0.1, 0.15) is 33.9 Å². The van der Waals surface area contributed by atoms with Crippen molar-refractivity contribution < 1.29 is 18.8 Å². The van der Waals surface area contributed by atoms with Gasteiger partial charge in [-0.3, -0.25) is 9.59 Å². The Morgan fingerprint density at radius 3 is 2.93 bits per heavy atom. The second kappa shape index (κ2) is 6.62. The van der Waals surface area contributed by atoms with Crippen LogP contribution < -0.4 is 15.4 Å². The van der Waals surface area contributed by atoms with E-state index in [0.29, 0.717) is 64.9 Å². The van der Waals surface area contributed by atoms with Gasteiger partial charge in [0.2, 0.25) is 0 Å². The number of hydrogen-bond acceptors (Lipinski definition) is 6. The quantitative estimate of drug-likeness (QED) is 0.541. The van der Waals surface area contributed by atoms with E-state index in [1.807, 2.05) is 6.92 Å². The largest absolute Gasteiger partial charge is 0.475 e. The normalized spacial score (nSPS) is 17.6. The maximum atomic E-state index is 12.6. The zero-order valence-electron chi connectivity index (χ0n) is 15.5. The molecule has 2 aliphatic rings. The maximum absolute atomic E-state index is 12.6. The Bertz CT molecular complexity index is 1170. The molecule has 0 saturated heterocycles. The summed E-state index contributed by atoms with van der Waals surface area (Å²) in [6.07, 6.45) is 3.71. The standard InChI is InChI=1S/C20H17N5O4/c1-10-7-11-16(22-10)8-12-17-15(24-19(12)27)4-3-14(23-17)13-9-29-25-20(13)28-6-2-5-21-18(11)26/h3-4,7-9,22H,2,5-6H2,1H3,(H,21,26)(H,24,27)/b12-8-. The fraction of sp³-hybridized carbons (Fsp3) is 0.200. The molecule has 0 atom stereocenters. The van der Waals surface area contributed by atoms with Crippen molar-refractivity contribution >= 4 is 29.2 Å². The minimum Gasteiger partial charge on any atom is -0.475 e. The molecule has 2 bridgehead atoms. The fourth-order valence-electron chi connectivity index (χ4n) is 3.44. The molecule has 0 aromatic carbocycles. The predicted molar refractivity (Wildman–Crippen MR) is 104 cm³/mol. The summed E-state index contributed by atoms with van der Waals surface area (Å²) in [5, 5.41) is 9.57. The van der Waals surface area contributed by atoms with Crippen LogP contribution in [0.15, 0.2) is 29.0 Å². The molecular weight excluding hydrogens is 374 g/mol. The molecule has 9 heteroatoms. The van der Waals surface area contributed by atoms with Crippen molar-refractivity contribution in [3.8, 4) is 17.1 Å². The van der Waals surface area contributed by atoms with Crippen LogP contribution >= 0.6 is 0 Å². The van der Waals surface area contributed by atoms with Crippen molar-refractivity contribution in [3.05, 3.63) is 47.1 Å². The summed E-state index contributed by atoms with van der Waals surface area (Å²) in [5.41, 5.74) is 4.49. The van der Waals surface area contributed by atoms with E-state index >= 15 is 0 Å². The highest BCUT2D eigenvalue weighted by molar-refractivity contribution is 6.34. The molecule has 0 radical (unpaired) electrons. The van der Waals surface area contributed by atoms with Gasteiger partial charge in [0.05, 0.1) is 34.8 Å². The molecule has 0 aliphatic carbocycles. The fourth-order valence-corrected chi connectivity index (χ4v) is 3.44. The summed E-state index contributed by atoms with van der Waals surface area (Å²) in [6.45, 7) is 2.65. The zero-order chi connectivity index (χ0) is 20.0. The second-order valence-electron chi connectivity index (χ2n) is 6.88. The predicted octanol–water partition coefficient (Wildman–Crippen LogP) is 2.38. The van der Waals surface area contributed by atoms with Gasteiger partial charge in [0.25, 0.3) is 17.7 Å². The number of fused-ring (bicyclic) bond motifs is 4. The first-order chi connectivity index (χ1) is 14.1. The van der Waals surface area contributed by atoms with Gasteiger partial charge >= 0.3 is 0 Å². The third-order valence-corrected chi connectivity index (χ3v) is 4.82. The van der Waals surface area contributed by atoms with Gasteiger partial charge in [-0.1, -0.05) is 0 Å². The van der Waals surface area contributed by atoms with Crippen LogP contribution in [0.4, 0.5) is 5.69 Å². The number of carbonyl (C=O) groups is 2. The molecule has 146 valence electrons. The molecule has 9 nitrogen and oxygen atoms in total. The molecule has 5 heterocycles. The molecule has 0 spiro atoms. The van der Waals surface area contributed by atoms with E-state index in [9.17, 15) is 9.59 Å².